The molecule has 0 N–H and O–H groups in total. The van der Waals surface area contributed by atoms with Crippen molar-refractivity contribution in [1.82, 2.24) is 4.98 Å². The highest BCUT2D eigenvalue weighted by molar-refractivity contribution is 7.92. The number of ether oxygens (including phenoxy) is 1. The standard InChI is InChI=1S/C22H22Cl2N2O3S2/c1-29-21-5-3-2-4-15(21)12-16-14-30-22(25-16)26-10-8-17(9-11-26)31(27,28)18-6-7-19(23)20(24)13-18/h2-7,13-14,17H,8-12H2,1H3. The van der Waals surface area contributed by atoms with Gasteiger partial charge >= 0.3 is 0 Å². The molecule has 1 fully saturated rings. The van der Waals surface area contributed by atoms with E-state index >= 15 is 0 Å². The van der Waals surface area contributed by atoms with E-state index in [9.17, 15) is 8.42 Å². The van der Waals surface area contributed by atoms with Crippen molar-refractivity contribution in [3.8, 4) is 5.75 Å². The van der Waals surface area contributed by atoms with Crippen molar-refractivity contribution < 1.29 is 13.2 Å². The molecule has 2 heterocycles. The number of benzene rings is 2. The van der Waals surface area contributed by atoms with E-state index < -0.39 is 15.1 Å². The fourth-order valence-corrected chi connectivity index (χ4v) is 6.77. The topological polar surface area (TPSA) is 59.5 Å². The molecule has 3 aromatic rings. The normalized spacial score (nSPS) is 15.3. The number of aromatic nitrogens is 1. The number of methoxy groups -OCH3 is 1. The van der Waals surface area contributed by atoms with Crippen LogP contribution in [0.25, 0.3) is 0 Å². The van der Waals surface area contributed by atoms with Crippen molar-refractivity contribution in [2.75, 3.05) is 25.1 Å². The zero-order valence-corrected chi connectivity index (χ0v) is 20.1. The molecule has 1 aliphatic heterocycles. The molecule has 0 saturated carbocycles. The van der Waals surface area contributed by atoms with Crippen molar-refractivity contribution in [2.45, 2.75) is 29.4 Å². The Hall–Kier alpha value is -1.80. The van der Waals surface area contributed by atoms with Gasteiger partial charge in [-0.3, -0.25) is 0 Å². The number of nitrogens with zero attached hydrogens (tertiary/aromatic N) is 2. The van der Waals surface area contributed by atoms with Crippen LogP contribution in [0.15, 0.2) is 52.7 Å². The number of para-hydroxylation sites is 1. The van der Waals surface area contributed by atoms with Crippen molar-refractivity contribution in [2.24, 2.45) is 0 Å². The van der Waals surface area contributed by atoms with Gasteiger partial charge in [-0.1, -0.05) is 41.4 Å². The Balaban J connectivity index is 1.42. The molecule has 5 nitrogen and oxygen atoms in total. The van der Waals surface area contributed by atoms with Gasteiger partial charge in [0.25, 0.3) is 0 Å². The quantitative estimate of drug-likeness (QED) is 0.451. The number of hydrogen-bond acceptors (Lipinski definition) is 6. The van der Waals surface area contributed by atoms with E-state index in [4.69, 9.17) is 32.9 Å². The number of hydrogen-bond donors (Lipinski definition) is 0. The number of sulfone groups is 1. The summed E-state index contributed by atoms with van der Waals surface area (Å²) in [6, 6.07) is 12.4. The van der Waals surface area contributed by atoms with E-state index in [1.54, 1.807) is 18.4 Å². The van der Waals surface area contributed by atoms with Gasteiger partial charge < -0.3 is 9.64 Å². The predicted molar refractivity (Wildman–Crippen MR) is 127 cm³/mol. The number of halogens is 2. The van der Waals surface area contributed by atoms with Gasteiger partial charge in [0.1, 0.15) is 5.75 Å². The van der Waals surface area contributed by atoms with Crippen LogP contribution in [0.5, 0.6) is 5.75 Å². The molecule has 9 heteroatoms. The van der Waals surface area contributed by atoms with Gasteiger partial charge in [-0.2, -0.15) is 0 Å². The molecule has 31 heavy (non-hydrogen) atoms. The molecule has 1 aliphatic rings. The lowest BCUT2D eigenvalue weighted by Gasteiger charge is -2.31. The van der Waals surface area contributed by atoms with Crippen LogP contribution in [0.1, 0.15) is 24.1 Å². The summed E-state index contributed by atoms with van der Waals surface area (Å²) in [5.74, 6) is 0.852. The fourth-order valence-electron chi connectivity index (χ4n) is 3.77. The Bertz CT molecular complexity index is 1170. The van der Waals surface area contributed by atoms with Gasteiger partial charge in [0.15, 0.2) is 15.0 Å². The summed E-state index contributed by atoms with van der Waals surface area (Å²) in [5, 5.41) is 3.15. The number of rotatable bonds is 6. The van der Waals surface area contributed by atoms with Crippen molar-refractivity contribution in [3.05, 3.63) is 69.1 Å². The number of thiazole rings is 1. The van der Waals surface area contributed by atoms with Crippen LogP contribution >= 0.6 is 34.5 Å². The van der Waals surface area contributed by atoms with E-state index in [-0.39, 0.29) is 9.92 Å². The van der Waals surface area contributed by atoms with Gasteiger partial charge in [-0.15, -0.1) is 11.3 Å². The minimum absolute atomic E-state index is 0.230. The van der Waals surface area contributed by atoms with Gasteiger partial charge in [0.05, 0.1) is 33.0 Å². The largest absolute Gasteiger partial charge is 0.496 e. The van der Waals surface area contributed by atoms with E-state index in [2.05, 4.69) is 10.3 Å². The first kappa shape index (κ1) is 22.4. The van der Waals surface area contributed by atoms with Crippen LogP contribution in [0.3, 0.4) is 0 Å². The van der Waals surface area contributed by atoms with Crippen molar-refractivity contribution >= 4 is 49.5 Å². The molecule has 1 saturated heterocycles. The van der Waals surface area contributed by atoms with E-state index in [0.717, 1.165) is 22.1 Å². The van der Waals surface area contributed by atoms with Crippen molar-refractivity contribution in [3.63, 3.8) is 0 Å². The summed E-state index contributed by atoms with van der Waals surface area (Å²) in [6.45, 7) is 1.29. The van der Waals surface area contributed by atoms with E-state index in [1.165, 1.54) is 18.2 Å². The molecule has 0 radical (unpaired) electrons. The molecule has 0 unspecified atom stereocenters. The second-order valence-corrected chi connectivity index (χ2v) is 11.3. The Labute approximate surface area is 196 Å². The maximum Gasteiger partial charge on any atom is 0.185 e. The van der Waals surface area contributed by atoms with E-state index in [0.29, 0.717) is 37.4 Å². The van der Waals surface area contributed by atoms with Crippen LogP contribution in [0.4, 0.5) is 5.13 Å². The first-order chi connectivity index (χ1) is 14.9. The van der Waals surface area contributed by atoms with Gasteiger partial charge in [0.2, 0.25) is 0 Å². The average Bonchev–Trinajstić information content (AvgIpc) is 3.24. The molecule has 2 aromatic carbocycles. The third kappa shape index (κ3) is 4.85. The first-order valence-corrected chi connectivity index (χ1v) is 13.1. The third-order valence-electron chi connectivity index (χ3n) is 5.47. The third-order valence-corrected chi connectivity index (χ3v) is 9.42. The molecule has 0 aliphatic carbocycles. The highest BCUT2D eigenvalue weighted by Crippen LogP contribution is 2.32. The highest BCUT2D eigenvalue weighted by Gasteiger charge is 2.32. The van der Waals surface area contributed by atoms with Gasteiger partial charge in [0, 0.05) is 30.5 Å². The second-order valence-electron chi connectivity index (χ2n) is 7.42. The Morgan fingerprint density at radius 1 is 1.13 bits per heavy atom. The summed E-state index contributed by atoms with van der Waals surface area (Å²) in [7, 11) is -1.78. The van der Waals surface area contributed by atoms with Crippen LogP contribution in [-0.2, 0) is 16.3 Å². The van der Waals surface area contributed by atoms with Crippen LogP contribution in [0.2, 0.25) is 10.0 Å². The zero-order valence-electron chi connectivity index (χ0n) is 16.9. The smallest absolute Gasteiger partial charge is 0.185 e. The van der Waals surface area contributed by atoms with E-state index in [1.807, 2.05) is 24.3 Å². The molecular formula is C22H22Cl2N2O3S2. The molecule has 0 spiro atoms. The lowest BCUT2D eigenvalue weighted by molar-refractivity contribution is 0.410. The molecule has 1 aromatic heterocycles. The Kier molecular flexibility index (Phi) is 6.77. The molecule has 0 amide bonds. The lowest BCUT2D eigenvalue weighted by atomic mass is 10.1. The highest BCUT2D eigenvalue weighted by atomic mass is 35.5. The van der Waals surface area contributed by atoms with Crippen LogP contribution in [0, 0.1) is 0 Å². The molecule has 0 atom stereocenters. The minimum Gasteiger partial charge on any atom is -0.496 e. The van der Waals surface area contributed by atoms with Crippen LogP contribution < -0.4 is 9.64 Å². The Morgan fingerprint density at radius 2 is 1.87 bits per heavy atom. The predicted octanol–water partition coefficient (Wildman–Crippen LogP) is 5.49. The maximum atomic E-state index is 13.0. The fraction of sp³-hybridized carbons (Fsp3) is 0.318. The monoisotopic (exact) mass is 496 g/mol. The summed E-state index contributed by atoms with van der Waals surface area (Å²) >= 11 is 13.5. The summed E-state index contributed by atoms with van der Waals surface area (Å²) < 4.78 is 31.5. The SMILES string of the molecule is COc1ccccc1Cc1csc(N2CCC(S(=O)(=O)c3ccc(Cl)c(Cl)c3)CC2)n1. The molecule has 164 valence electrons. The lowest BCUT2D eigenvalue weighted by Crippen LogP contribution is -2.39. The van der Waals surface area contributed by atoms with Gasteiger partial charge in [-0.25, -0.2) is 13.4 Å². The van der Waals surface area contributed by atoms with Gasteiger partial charge in [-0.05, 0) is 37.1 Å². The van der Waals surface area contributed by atoms with Crippen molar-refractivity contribution in [1.29, 1.82) is 0 Å². The first-order valence-electron chi connectivity index (χ1n) is 9.88. The second kappa shape index (κ2) is 9.36. The molecule has 4 rings (SSSR count). The summed E-state index contributed by atoms with van der Waals surface area (Å²) in [4.78, 5) is 7.17. The summed E-state index contributed by atoms with van der Waals surface area (Å²) in [6.07, 6.45) is 1.79. The summed E-state index contributed by atoms with van der Waals surface area (Å²) in [5.41, 5.74) is 2.07. The maximum absolute atomic E-state index is 13.0. The van der Waals surface area contributed by atoms with Crippen LogP contribution in [-0.4, -0.2) is 38.9 Å². The number of anilines is 1. The average molecular weight is 497 g/mol. The molecule has 0 bridgehead atoms. The Morgan fingerprint density at radius 3 is 2.58 bits per heavy atom. The minimum atomic E-state index is -3.45. The zero-order chi connectivity index (χ0) is 22.0. The number of piperidine rings is 1. The molecular weight excluding hydrogens is 475 g/mol.